The molecule has 1 atom stereocenters. The first-order valence-corrected chi connectivity index (χ1v) is 10.8. The van der Waals surface area contributed by atoms with Crippen LogP contribution in [0.1, 0.15) is 42.8 Å². The number of hydrogen-bond donors (Lipinski definition) is 3. The van der Waals surface area contributed by atoms with Crippen molar-refractivity contribution in [2.24, 2.45) is 0 Å². The fraction of sp³-hybridized carbons (Fsp3) is 0.280. The lowest BCUT2D eigenvalue weighted by molar-refractivity contribution is -0.120. The van der Waals surface area contributed by atoms with E-state index in [1.54, 1.807) is 39.1 Å². The monoisotopic (exact) mass is 461 g/mol. The molecular formula is C25H27N5O4. The molecule has 2 aromatic carbocycles. The Bertz CT molecular complexity index is 1270. The van der Waals surface area contributed by atoms with Crippen molar-refractivity contribution in [3.63, 3.8) is 0 Å². The summed E-state index contributed by atoms with van der Waals surface area (Å²) in [6, 6.07) is 13.9. The molecule has 2 amide bonds. The van der Waals surface area contributed by atoms with Gasteiger partial charge in [-0.2, -0.15) is 0 Å². The molecule has 0 radical (unpaired) electrons. The van der Waals surface area contributed by atoms with E-state index in [2.05, 4.69) is 32.3 Å². The van der Waals surface area contributed by atoms with E-state index in [0.29, 0.717) is 29.2 Å². The quantitative estimate of drug-likeness (QED) is 0.511. The number of H-pyrrole nitrogens is 1. The summed E-state index contributed by atoms with van der Waals surface area (Å²) in [6.45, 7) is 3.14. The molecule has 0 saturated heterocycles. The number of carbonyl (C=O) groups excluding carboxylic acids is 2. The molecule has 34 heavy (non-hydrogen) atoms. The lowest BCUT2D eigenvalue weighted by Crippen LogP contribution is -2.49. The van der Waals surface area contributed by atoms with Gasteiger partial charge in [-0.1, -0.05) is 42.2 Å². The average molecular weight is 462 g/mol. The minimum Gasteiger partial charge on any atom is -0.489 e. The van der Waals surface area contributed by atoms with Crippen LogP contribution in [0.5, 0.6) is 5.75 Å². The third kappa shape index (κ3) is 5.42. The van der Waals surface area contributed by atoms with Gasteiger partial charge in [0.05, 0.1) is 5.69 Å². The van der Waals surface area contributed by atoms with Crippen LogP contribution < -0.4 is 15.0 Å². The third-order valence-corrected chi connectivity index (χ3v) is 5.12. The molecule has 9 nitrogen and oxygen atoms in total. The molecule has 0 bridgehead atoms. The predicted molar refractivity (Wildman–Crippen MR) is 128 cm³/mol. The maximum atomic E-state index is 13.1. The Morgan fingerprint density at radius 2 is 2.09 bits per heavy atom. The molecule has 2 heterocycles. The zero-order chi connectivity index (χ0) is 24.3. The van der Waals surface area contributed by atoms with E-state index in [1.165, 1.54) is 4.90 Å². The van der Waals surface area contributed by atoms with Crippen LogP contribution >= 0.6 is 0 Å². The van der Waals surface area contributed by atoms with E-state index < -0.39 is 17.6 Å². The summed E-state index contributed by atoms with van der Waals surface area (Å²) in [6.07, 6.45) is 0.503. The van der Waals surface area contributed by atoms with Crippen LogP contribution in [-0.4, -0.2) is 57.4 Å². The van der Waals surface area contributed by atoms with Gasteiger partial charge in [-0.25, -0.2) is 4.98 Å². The zero-order valence-electron chi connectivity index (χ0n) is 19.1. The van der Waals surface area contributed by atoms with Gasteiger partial charge in [-0.05, 0) is 37.6 Å². The second-order valence-corrected chi connectivity index (χ2v) is 8.49. The number of ether oxygens (including phenoxy) is 1. The standard InChI is InChI=1S/C25H25N5O4.H2/c1-25(2,33)12-11-17-9-10-20-19(13-17)30(3)24(32)18(15-34-20)26-23(31)22-27-21(28-29-22)14-16-7-5-4-6-8-16;/h4-10,13,18,33H,14-15H2,1-3H3,(H,26,31)(H,27,28,29);1H/t18-;/m0./s1. The molecule has 1 aromatic heterocycles. The Kier molecular flexibility index (Phi) is 6.34. The molecular weight excluding hydrogens is 434 g/mol. The highest BCUT2D eigenvalue weighted by Gasteiger charge is 2.31. The van der Waals surface area contributed by atoms with Crippen LogP contribution in [-0.2, 0) is 11.2 Å². The molecule has 1 aliphatic heterocycles. The van der Waals surface area contributed by atoms with E-state index in [9.17, 15) is 14.7 Å². The smallest absolute Gasteiger partial charge is 0.291 e. The van der Waals surface area contributed by atoms with Crippen LogP contribution in [0, 0.1) is 11.8 Å². The Hall–Kier alpha value is -4.16. The Morgan fingerprint density at radius 3 is 2.82 bits per heavy atom. The number of nitrogens with one attached hydrogen (secondary N) is 2. The number of likely N-dealkylation sites (N-methyl/N-ethyl adjacent to an activating group) is 1. The summed E-state index contributed by atoms with van der Waals surface area (Å²) in [7, 11) is 1.60. The first-order valence-electron chi connectivity index (χ1n) is 10.8. The minimum absolute atomic E-state index is 0. The van der Waals surface area contributed by atoms with Crippen molar-refractivity contribution >= 4 is 17.5 Å². The van der Waals surface area contributed by atoms with Gasteiger partial charge < -0.3 is 20.1 Å². The molecule has 3 aromatic rings. The highest BCUT2D eigenvalue weighted by molar-refractivity contribution is 6.02. The van der Waals surface area contributed by atoms with Gasteiger partial charge in [0.15, 0.2) is 0 Å². The van der Waals surface area contributed by atoms with E-state index in [-0.39, 0.29) is 19.8 Å². The molecule has 0 aliphatic carbocycles. The van der Waals surface area contributed by atoms with Crippen molar-refractivity contribution in [1.82, 2.24) is 20.5 Å². The summed E-state index contributed by atoms with van der Waals surface area (Å²) >= 11 is 0. The number of aliphatic hydroxyl groups is 1. The SMILES string of the molecule is CN1C(=O)[C@@H](NC(=O)c2n[nH]c(Cc3ccccc3)n2)COc2ccc(C#CC(C)(C)O)cc21.[HH]. The number of anilines is 1. The number of benzene rings is 2. The van der Waals surface area contributed by atoms with Crippen molar-refractivity contribution in [3.05, 3.63) is 71.3 Å². The molecule has 0 spiro atoms. The van der Waals surface area contributed by atoms with Gasteiger partial charge in [0.2, 0.25) is 5.82 Å². The van der Waals surface area contributed by atoms with Crippen molar-refractivity contribution < 1.29 is 20.9 Å². The Balaban J connectivity index is 0.00000342. The number of hydrogen-bond acceptors (Lipinski definition) is 6. The number of nitrogens with zero attached hydrogens (tertiary/aromatic N) is 3. The number of fused-ring (bicyclic) bond motifs is 1. The molecule has 9 heteroatoms. The summed E-state index contributed by atoms with van der Waals surface area (Å²) in [5.41, 5.74) is 1.04. The zero-order valence-corrected chi connectivity index (χ0v) is 19.1. The van der Waals surface area contributed by atoms with Crippen LogP contribution in [0.15, 0.2) is 48.5 Å². The number of aromatic amines is 1. The molecule has 4 rings (SSSR count). The van der Waals surface area contributed by atoms with Gasteiger partial charge in [0.25, 0.3) is 11.8 Å². The van der Waals surface area contributed by atoms with E-state index in [1.807, 2.05) is 30.3 Å². The van der Waals surface area contributed by atoms with Crippen molar-refractivity contribution in [1.29, 1.82) is 0 Å². The lowest BCUT2D eigenvalue weighted by atomic mass is 10.1. The summed E-state index contributed by atoms with van der Waals surface area (Å²) in [5.74, 6) is 5.70. The van der Waals surface area contributed by atoms with Crippen LogP contribution in [0.4, 0.5) is 5.69 Å². The minimum atomic E-state index is -1.14. The van der Waals surface area contributed by atoms with E-state index in [4.69, 9.17) is 4.74 Å². The van der Waals surface area contributed by atoms with Crippen LogP contribution in [0.2, 0.25) is 0 Å². The Labute approximate surface area is 198 Å². The number of carbonyl (C=O) groups is 2. The van der Waals surface area contributed by atoms with Gasteiger partial charge in [0, 0.05) is 20.5 Å². The molecule has 1 aliphatic rings. The lowest BCUT2D eigenvalue weighted by Gasteiger charge is -2.20. The highest BCUT2D eigenvalue weighted by atomic mass is 16.5. The largest absolute Gasteiger partial charge is 0.489 e. The first-order chi connectivity index (χ1) is 16.2. The number of amides is 2. The summed E-state index contributed by atoms with van der Waals surface area (Å²) in [4.78, 5) is 31.4. The highest BCUT2D eigenvalue weighted by Crippen LogP contribution is 2.31. The van der Waals surface area contributed by atoms with Gasteiger partial charge in [-0.3, -0.25) is 14.7 Å². The normalized spacial score (nSPS) is 15.5. The maximum absolute atomic E-state index is 13.1. The van der Waals surface area contributed by atoms with Crippen molar-refractivity contribution in [2.45, 2.75) is 31.9 Å². The molecule has 176 valence electrons. The van der Waals surface area contributed by atoms with Crippen molar-refractivity contribution in [3.8, 4) is 17.6 Å². The van der Waals surface area contributed by atoms with Crippen molar-refractivity contribution in [2.75, 3.05) is 18.6 Å². The predicted octanol–water partition coefficient (Wildman–Crippen LogP) is 1.92. The summed E-state index contributed by atoms with van der Waals surface area (Å²) < 4.78 is 5.80. The van der Waals surface area contributed by atoms with Gasteiger partial charge in [-0.15, -0.1) is 5.10 Å². The van der Waals surface area contributed by atoms with E-state index >= 15 is 0 Å². The van der Waals surface area contributed by atoms with Gasteiger partial charge >= 0.3 is 0 Å². The van der Waals surface area contributed by atoms with Crippen LogP contribution in [0.3, 0.4) is 0 Å². The van der Waals surface area contributed by atoms with Crippen LogP contribution in [0.25, 0.3) is 0 Å². The van der Waals surface area contributed by atoms with E-state index in [0.717, 1.165) is 5.56 Å². The maximum Gasteiger partial charge on any atom is 0.291 e. The number of rotatable bonds is 4. The summed E-state index contributed by atoms with van der Waals surface area (Å²) in [5, 5.41) is 19.3. The average Bonchev–Trinajstić information content (AvgIpc) is 3.24. The first kappa shape index (κ1) is 23.0. The second-order valence-electron chi connectivity index (χ2n) is 8.49. The molecule has 0 saturated carbocycles. The number of aromatic nitrogens is 3. The molecule has 3 N–H and O–H groups in total. The molecule has 0 unspecified atom stereocenters. The fourth-order valence-corrected chi connectivity index (χ4v) is 3.39. The molecule has 0 fully saturated rings. The topological polar surface area (TPSA) is 120 Å². The Morgan fingerprint density at radius 1 is 1.32 bits per heavy atom. The van der Waals surface area contributed by atoms with Gasteiger partial charge in [0.1, 0.15) is 29.8 Å². The fourth-order valence-electron chi connectivity index (χ4n) is 3.39. The second kappa shape index (κ2) is 9.37. The third-order valence-electron chi connectivity index (χ3n) is 5.12.